The van der Waals surface area contributed by atoms with Gasteiger partial charge in [0.2, 0.25) is 0 Å². The van der Waals surface area contributed by atoms with Gasteiger partial charge < -0.3 is 4.74 Å². The predicted molar refractivity (Wildman–Crippen MR) is 59.2 cm³/mol. The number of carbonyl (C=O) groups is 1. The maximum absolute atomic E-state index is 9.39. The van der Waals surface area contributed by atoms with Gasteiger partial charge in [0.25, 0.3) is 6.47 Å². The van der Waals surface area contributed by atoms with E-state index < -0.39 is 0 Å². The Balaban J connectivity index is 0.000000255. The van der Waals surface area contributed by atoms with E-state index in [1.165, 1.54) is 51.4 Å². The van der Waals surface area contributed by atoms with Gasteiger partial charge in [0.1, 0.15) is 0 Å². The van der Waals surface area contributed by atoms with Crippen molar-refractivity contribution in [2.24, 2.45) is 0 Å². The summed E-state index contributed by atoms with van der Waals surface area (Å²) in [6.45, 7) is 4.05. The zero-order chi connectivity index (χ0) is 10.6. The van der Waals surface area contributed by atoms with Crippen molar-refractivity contribution in [2.45, 2.75) is 71.3 Å². The van der Waals surface area contributed by atoms with Gasteiger partial charge in [-0.15, -0.1) is 0 Å². The quantitative estimate of drug-likeness (QED) is 0.635. The maximum atomic E-state index is 9.39. The van der Waals surface area contributed by atoms with Gasteiger partial charge in [-0.05, 0) is 13.8 Å². The molecule has 1 saturated carbocycles. The highest BCUT2D eigenvalue weighted by Gasteiger charge is 1.95. The van der Waals surface area contributed by atoms with E-state index in [-0.39, 0.29) is 6.10 Å². The standard InChI is InChI=1S/C8H16.C4H8O2/c1-2-4-6-8-7-5-3-1;1-4(2)6-3-5/h1-8H2;3-4H,1-2H3. The molecule has 2 nitrogen and oxygen atoms in total. The minimum absolute atomic E-state index is 0.0301. The molecule has 1 fully saturated rings. The van der Waals surface area contributed by atoms with Gasteiger partial charge in [0, 0.05) is 0 Å². The summed E-state index contributed by atoms with van der Waals surface area (Å²) in [7, 11) is 0. The van der Waals surface area contributed by atoms with E-state index in [4.69, 9.17) is 0 Å². The second-order valence-corrected chi connectivity index (χ2v) is 4.11. The zero-order valence-corrected chi connectivity index (χ0v) is 9.63. The van der Waals surface area contributed by atoms with Crippen LogP contribution >= 0.6 is 0 Å². The Morgan fingerprint density at radius 2 is 1.14 bits per heavy atom. The van der Waals surface area contributed by atoms with Crippen LogP contribution in [0.2, 0.25) is 0 Å². The second-order valence-electron chi connectivity index (χ2n) is 4.11. The van der Waals surface area contributed by atoms with Gasteiger partial charge in [-0.1, -0.05) is 51.4 Å². The number of rotatable bonds is 2. The Hall–Kier alpha value is -0.530. The third kappa shape index (κ3) is 11.5. The normalized spacial score (nSPS) is 17.4. The van der Waals surface area contributed by atoms with E-state index in [0.717, 1.165) is 0 Å². The first kappa shape index (κ1) is 13.5. The highest BCUT2D eigenvalue weighted by Crippen LogP contribution is 2.15. The van der Waals surface area contributed by atoms with Crippen molar-refractivity contribution in [2.75, 3.05) is 0 Å². The first-order valence-corrected chi connectivity index (χ1v) is 5.86. The number of carbonyl (C=O) groups excluding carboxylic acids is 1. The van der Waals surface area contributed by atoms with E-state index in [2.05, 4.69) is 4.74 Å². The third-order valence-corrected chi connectivity index (χ3v) is 2.33. The predicted octanol–water partition coefficient (Wildman–Crippen LogP) is 3.69. The molecule has 0 heterocycles. The van der Waals surface area contributed by atoms with Crippen molar-refractivity contribution in [3.8, 4) is 0 Å². The largest absolute Gasteiger partial charge is 0.465 e. The molecule has 1 aliphatic carbocycles. The first-order chi connectivity index (χ1) is 6.77. The van der Waals surface area contributed by atoms with Crippen molar-refractivity contribution in [3.63, 3.8) is 0 Å². The van der Waals surface area contributed by atoms with E-state index in [9.17, 15) is 4.79 Å². The molecule has 0 aliphatic heterocycles. The Morgan fingerprint density at radius 3 is 1.21 bits per heavy atom. The van der Waals surface area contributed by atoms with Crippen molar-refractivity contribution in [1.29, 1.82) is 0 Å². The fourth-order valence-corrected chi connectivity index (χ4v) is 1.53. The van der Waals surface area contributed by atoms with Gasteiger partial charge in [0.15, 0.2) is 0 Å². The molecular weight excluding hydrogens is 176 g/mol. The van der Waals surface area contributed by atoms with Crippen LogP contribution in [0.25, 0.3) is 0 Å². The molecule has 0 spiro atoms. The van der Waals surface area contributed by atoms with Crippen molar-refractivity contribution in [3.05, 3.63) is 0 Å². The van der Waals surface area contributed by atoms with Gasteiger partial charge in [-0.25, -0.2) is 0 Å². The van der Waals surface area contributed by atoms with Gasteiger partial charge in [0.05, 0.1) is 6.10 Å². The monoisotopic (exact) mass is 200 g/mol. The van der Waals surface area contributed by atoms with Gasteiger partial charge >= 0.3 is 0 Å². The van der Waals surface area contributed by atoms with Crippen LogP contribution in [0.1, 0.15) is 65.2 Å². The van der Waals surface area contributed by atoms with Gasteiger partial charge in [-0.2, -0.15) is 0 Å². The molecule has 0 aromatic rings. The molecule has 2 heteroatoms. The summed E-state index contributed by atoms with van der Waals surface area (Å²) in [6.07, 6.45) is 12.0. The van der Waals surface area contributed by atoms with Crippen LogP contribution in [0.4, 0.5) is 0 Å². The zero-order valence-electron chi connectivity index (χ0n) is 9.63. The summed E-state index contributed by atoms with van der Waals surface area (Å²) >= 11 is 0. The van der Waals surface area contributed by atoms with E-state index in [1.807, 2.05) is 0 Å². The lowest BCUT2D eigenvalue weighted by atomic mass is 10.0. The molecule has 0 N–H and O–H groups in total. The average molecular weight is 200 g/mol. The third-order valence-electron chi connectivity index (χ3n) is 2.33. The Kier molecular flexibility index (Phi) is 10.2. The maximum Gasteiger partial charge on any atom is 0.293 e. The fourth-order valence-electron chi connectivity index (χ4n) is 1.53. The summed E-state index contributed by atoms with van der Waals surface area (Å²) in [5.74, 6) is 0. The SMILES string of the molecule is C1CCCCCCC1.CC(C)OC=O. The summed E-state index contributed by atoms with van der Waals surface area (Å²) in [4.78, 5) is 9.39. The van der Waals surface area contributed by atoms with E-state index in [0.29, 0.717) is 6.47 Å². The number of hydrogen-bond donors (Lipinski definition) is 0. The van der Waals surface area contributed by atoms with Crippen molar-refractivity contribution >= 4 is 6.47 Å². The topological polar surface area (TPSA) is 26.3 Å². The van der Waals surface area contributed by atoms with Crippen LogP contribution in [0, 0.1) is 0 Å². The Bertz CT molecular complexity index is 97.5. The minimum Gasteiger partial charge on any atom is -0.465 e. The van der Waals surface area contributed by atoms with Crippen LogP contribution < -0.4 is 0 Å². The molecule has 14 heavy (non-hydrogen) atoms. The average Bonchev–Trinajstić information content (AvgIpc) is 2.02. The Labute approximate surface area is 88.0 Å². The van der Waals surface area contributed by atoms with Crippen LogP contribution in [0.15, 0.2) is 0 Å². The molecular formula is C12H24O2. The van der Waals surface area contributed by atoms with E-state index >= 15 is 0 Å². The molecule has 0 saturated heterocycles. The molecule has 1 rings (SSSR count). The van der Waals surface area contributed by atoms with Crippen LogP contribution in [0.3, 0.4) is 0 Å². The smallest absolute Gasteiger partial charge is 0.293 e. The highest BCUT2D eigenvalue weighted by atomic mass is 16.5. The number of ether oxygens (including phenoxy) is 1. The molecule has 0 aromatic heterocycles. The summed E-state index contributed by atoms with van der Waals surface area (Å²) < 4.78 is 4.36. The van der Waals surface area contributed by atoms with Crippen LogP contribution in [0.5, 0.6) is 0 Å². The van der Waals surface area contributed by atoms with Crippen LogP contribution in [-0.4, -0.2) is 12.6 Å². The molecule has 0 unspecified atom stereocenters. The van der Waals surface area contributed by atoms with Gasteiger partial charge in [-0.3, -0.25) is 4.79 Å². The first-order valence-electron chi connectivity index (χ1n) is 5.86. The molecule has 0 bridgehead atoms. The summed E-state index contributed by atoms with van der Waals surface area (Å²) in [6, 6.07) is 0. The minimum atomic E-state index is 0.0301. The molecule has 1 aliphatic rings. The van der Waals surface area contributed by atoms with Crippen LogP contribution in [-0.2, 0) is 9.53 Å². The lowest BCUT2D eigenvalue weighted by Gasteiger charge is -2.05. The summed E-state index contributed by atoms with van der Waals surface area (Å²) in [5.41, 5.74) is 0. The lowest BCUT2D eigenvalue weighted by Crippen LogP contribution is -1.98. The molecule has 0 aromatic carbocycles. The Morgan fingerprint density at radius 1 is 0.857 bits per heavy atom. The lowest BCUT2D eigenvalue weighted by molar-refractivity contribution is -0.131. The van der Waals surface area contributed by atoms with Crippen molar-refractivity contribution < 1.29 is 9.53 Å². The van der Waals surface area contributed by atoms with E-state index in [1.54, 1.807) is 13.8 Å². The molecule has 0 atom stereocenters. The molecule has 0 radical (unpaired) electrons. The fraction of sp³-hybridized carbons (Fsp3) is 0.917. The second kappa shape index (κ2) is 10.6. The summed E-state index contributed by atoms with van der Waals surface area (Å²) in [5, 5.41) is 0. The molecule has 0 amide bonds. The van der Waals surface area contributed by atoms with Crippen molar-refractivity contribution in [1.82, 2.24) is 0 Å². The highest BCUT2D eigenvalue weighted by molar-refractivity contribution is 5.37. The number of hydrogen-bond acceptors (Lipinski definition) is 2. The molecule has 84 valence electrons.